The van der Waals surface area contributed by atoms with Gasteiger partial charge in [-0.3, -0.25) is 14.2 Å². The number of fused-ring (bicyclic) bond motifs is 1. The summed E-state index contributed by atoms with van der Waals surface area (Å²) in [6.07, 6.45) is 3.37. The van der Waals surface area contributed by atoms with E-state index in [1.54, 1.807) is 0 Å². The van der Waals surface area contributed by atoms with Crippen LogP contribution in [0.25, 0.3) is 22.3 Å². The van der Waals surface area contributed by atoms with E-state index >= 15 is 0 Å². The van der Waals surface area contributed by atoms with Gasteiger partial charge in [-0.05, 0) is 76.6 Å². The SMILES string of the molecule is CCCC(C)N(CC)CCCN(C)c1ccc2nc(-c3ccc(F)c(OC)c3)n(CC(=O)NC(C)C)c(=O)c2c1. The average Bonchev–Trinajstić information content (AvgIpc) is 2.92. The molecule has 0 aliphatic heterocycles. The highest BCUT2D eigenvalue weighted by molar-refractivity contribution is 5.84. The van der Waals surface area contributed by atoms with Crippen molar-refractivity contribution in [2.24, 2.45) is 0 Å². The van der Waals surface area contributed by atoms with Gasteiger partial charge in [-0.1, -0.05) is 20.3 Å². The summed E-state index contributed by atoms with van der Waals surface area (Å²) in [5.74, 6) is -0.517. The number of nitrogens with one attached hydrogen (secondary N) is 1. The molecular formula is C31H44FN5O3. The Labute approximate surface area is 237 Å². The molecule has 0 aliphatic carbocycles. The third kappa shape index (κ3) is 7.59. The Morgan fingerprint density at radius 1 is 1.12 bits per heavy atom. The van der Waals surface area contributed by atoms with Crippen LogP contribution < -0.4 is 20.5 Å². The van der Waals surface area contributed by atoms with Crippen molar-refractivity contribution in [3.63, 3.8) is 0 Å². The molecule has 3 rings (SSSR count). The van der Waals surface area contributed by atoms with Crippen LogP contribution in [0.3, 0.4) is 0 Å². The minimum atomic E-state index is -0.520. The summed E-state index contributed by atoms with van der Waals surface area (Å²) in [5, 5.41) is 3.26. The molecule has 1 unspecified atom stereocenters. The van der Waals surface area contributed by atoms with Crippen LogP contribution in [0.2, 0.25) is 0 Å². The molecule has 0 saturated heterocycles. The molecule has 0 fully saturated rings. The van der Waals surface area contributed by atoms with Gasteiger partial charge >= 0.3 is 0 Å². The maximum Gasteiger partial charge on any atom is 0.262 e. The fourth-order valence-electron chi connectivity index (χ4n) is 5.05. The maximum absolute atomic E-state index is 14.1. The van der Waals surface area contributed by atoms with Crippen LogP contribution >= 0.6 is 0 Å². The van der Waals surface area contributed by atoms with Crippen LogP contribution in [0.4, 0.5) is 10.1 Å². The number of hydrogen-bond acceptors (Lipinski definition) is 6. The quantitative estimate of drug-likeness (QED) is 0.300. The van der Waals surface area contributed by atoms with Gasteiger partial charge in [0.05, 0.1) is 18.0 Å². The van der Waals surface area contributed by atoms with Gasteiger partial charge in [0.25, 0.3) is 5.56 Å². The molecule has 0 spiro atoms. The molecule has 3 aromatic rings. The first-order valence-electron chi connectivity index (χ1n) is 14.2. The fraction of sp³-hybridized carbons (Fsp3) is 0.516. The normalized spacial score (nSPS) is 12.2. The number of carbonyl (C=O) groups is 1. The highest BCUT2D eigenvalue weighted by Crippen LogP contribution is 2.27. The van der Waals surface area contributed by atoms with Gasteiger partial charge in [0.15, 0.2) is 11.6 Å². The highest BCUT2D eigenvalue weighted by Gasteiger charge is 2.19. The maximum atomic E-state index is 14.1. The molecule has 8 nitrogen and oxygen atoms in total. The molecule has 0 radical (unpaired) electrons. The number of aromatic nitrogens is 2. The van der Waals surface area contributed by atoms with E-state index in [9.17, 15) is 14.0 Å². The molecule has 1 aromatic heterocycles. The van der Waals surface area contributed by atoms with Gasteiger partial charge in [0.1, 0.15) is 12.4 Å². The monoisotopic (exact) mass is 553 g/mol. The molecule has 1 N–H and O–H groups in total. The molecule has 0 aliphatic rings. The minimum absolute atomic E-state index is 0.0349. The second kappa shape index (κ2) is 14.3. The molecule has 1 atom stereocenters. The lowest BCUT2D eigenvalue weighted by Crippen LogP contribution is -2.37. The zero-order valence-electron chi connectivity index (χ0n) is 25.0. The van der Waals surface area contributed by atoms with E-state index in [2.05, 4.69) is 35.9 Å². The number of nitrogens with zero attached hydrogens (tertiary/aromatic N) is 4. The number of halogens is 1. The number of carbonyl (C=O) groups excluding carboxylic acids is 1. The van der Waals surface area contributed by atoms with Gasteiger partial charge in [-0.25, -0.2) is 9.37 Å². The highest BCUT2D eigenvalue weighted by atomic mass is 19.1. The number of amides is 1. The van der Waals surface area contributed by atoms with E-state index in [0.29, 0.717) is 22.5 Å². The Balaban J connectivity index is 1.96. The van der Waals surface area contributed by atoms with Gasteiger partial charge in [-0.15, -0.1) is 0 Å². The third-order valence-electron chi connectivity index (χ3n) is 7.21. The van der Waals surface area contributed by atoms with Crippen molar-refractivity contribution in [2.75, 3.05) is 38.7 Å². The van der Waals surface area contributed by atoms with Crippen molar-refractivity contribution in [2.45, 2.75) is 72.5 Å². The summed E-state index contributed by atoms with van der Waals surface area (Å²) in [7, 11) is 3.40. The molecule has 40 heavy (non-hydrogen) atoms. The lowest BCUT2D eigenvalue weighted by Gasteiger charge is -2.29. The summed E-state index contributed by atoms with van der Waals surface area (Å²) < 4.78 is 20.6. The number of rotatable bonds is 14. The topological polar surface area (TPSA) is 79.7 Å². The zero-order chi connectivity index (χ0) is 29.4. The van der Waals surface area contributed by atoms with Crippen LogP contribution in [0.15, 0.2) is 41.2 Å². The Hall–Kier alpha value is -3.46. The van der Waals surface area contributed by atoms with Crippen molar-refractivity contribution in [3.8, 4) is 17.1 Å². The van der Waals surface area contributed by atoms with Crippen LogP contribution in [0.1, 0.15) is 53.9 Å². The van der Waals surface area contributed by atoms with Gasteiger partial charge in [-0.2, -0.15) is 0 Å². The summed E-state index contributed by atoms with van der Waals surface area (Å²) in [6, 6.07) is 10.4. The van der Waals surface area contributed by atoms with Gasteiger partial charge < -0.3 is 19.9 Å². The Morgan fingerprint density at radius 3 is 2.52 bits per heavy atom. The molecule has 2 aromatic carbocycles. The number of benzene rings is 2. The van der Waals surface area contributed by atoms with E-state index in [4.69, 9.17) is 9.72 Å². The summed E-state index contributed by atoms with van der Waals surface area (Å²) >= 11 is 0. The first-order chi connectivity index (χ1) is 19.1. The number of hydrogen-bond donors (Lipinski definition) is 1. The second-order valence-electron chi connectivity index (χ2n) is 10.6. The Bertz CT molecular complexity index is 1360. The fourth-order valence-corrected chi connectivity index (χ4v) is 5.05. The molecule has 0 bridgehead atoms. The molecule has 218 valence electrons. The molecular weight excluding hydrogens is 509 g/mol. The van der Waals surface area contributed by atoms with Crippen LogP contribution in [-0.4, -0.2) is 66.2 Å². The average molecular weight is 554 g/mol. The standard InChI is InChI=1S/C31H44FN5O3/c1-8-11-22(5)36(9-2)17-10-16-35(6)24-13-15-27-25(19-24)31(39)37(20-29(38)33-21(3)4)30(34-27)23-12-14-26(32)28(18-23)40-7/h12-15,18-19,21-22H,8-11,16-17,20H2,1-7H3,(H,33,38). The van der Waals surface area contributed by atoms with E-state index in [0.717, 1.165) is 31.7 Å². The van der Waals surface area contributed by atoms with Gasteiger partial charge in [0, 0.05) is 43.5 Å². The smallest absolute Gasteiger partial charge is 0.262 e. The van der Waals surface area contributed by atoms with Crippen LogP contribution in [0, 0.1) is 5.82 Å². The van der Waals surface area contributed by atoms with E-state index < -0.39 is 5.82 Å². The van der Waals surface area contributed by atoms with Crippen LogP contribution in [0.5, 0.6) is 5.75 Å². The Morgan fingerprint density at radius 2 is 1.88 bits per heavy atom. The molecule has 1 amide bonds. The summed E-state index contributed by atoms with van der Waals surface area (Å²) in [5.41, 5.74) is 1.56. The predicted octanol–water partition coefficient (Wildman–Crippen LogP) is 5.07. The van der Waals surface area contributed by atoms with Crippen molar-refractivity contribution < 1.29 is 13.9 Å². The molecule has 0 saturated carbocycles. The predicted molar refractivity (Wildman–Crippen MR) is 161 cm³/mol. The van der Waals surface area contributed by atoms with E-state index in [1.165, 1.54) is 42.7 Å². The zero-order valence-corrected chi connectivity index (χ0v) is 25.0. The third-order valence-corrected chi connectivity index (χ3v) is 7.21. The summed E-state index contributed by atoms with van der Waals surface area (Å²) in [4.78, 5) is 36.0. The number of anilines is 1. The van der Waals surface area contributed by atoms with Gasteiger partial charge in [0.2, 0.25) is 5.91 Å². The van der Waals surface area contributed by atoms with Crippen LogP contribution in [-0.2, 0) is 11.3 Å². The van der Waals surface area contributed by atoms with E-state index in [1.807, 2.05) is 39.1 Å². The Kier molecular flexibility index (Phi) is 11.1. The molecule has 1 heterocycles. The summed E-state index contributed by atoms with van der Waals surface area (Å²) in [6.45, 7) is 13.1. The van der Waals surface area contributed by atoms with Crippen molar-refractivity contribution in [1.82, 2.24) is 19.8 Å². The van der Waals surface area contributed by atoms with Crippen molar-refractivity contribution >= 4 is 22.5 Å². The second-order valence-corrected chi connectivity index (χ2v) is 10.6. The number of ether oxygens (including phenoxy) is 1. The minimum Gasteiger partial charge on any atom is -0.494 e. The number of methoxy groups -OCH3 is 1. The lowest BCUT2D eigenvalue weighted by molar-refractivity contribution is -0.122. The van der Waals surface area contributed by atoms with Crippen molar-refractivity contribution in [1.29, 1.82) is 0 Å². The first kappa shape index (κ1) is 31.1. The largest absolute Gasteiger partial charge is 0.494 e. The molecule has 9 heteroatoms. The van der Waals surface area contributed by atoms with Crippen molar-refractivity contribution in [3.05, 3.63) is 52.6 Å². The lowest BCUT2D eigenvalue weighted by atomic mass is 10.1. The van der Waals surface area contributed by atoms with E-state index in [-0.39, 0.29) is 35.6 Å². The first-order valence-corrected chi connectivity index (χ1v) is 14.2.